The zero-order valence-corrected chi connectivity index (χ0v) is 12.3. The first-order valence-corrected chi connectivity index (χ1v) is 7.35. The molecule has 2 unspecified atom stereocenters. The fourth-order valence-electron chi connectivity index (χ4n) is 2.58. The molecule has 0 amide bonds. The van der Waals surface area contributed by atoms with Gasteiger partial charge in [0.15, 0.2) is 0 Å². The van der Waals surface area contributed by atoms with Crippen LogP contribution in [0.15, 0.2) is 28.7 Å². The minimum absolute atomic E-state index is 0.0988. The highest BCUT2D eigenvalue weighted by atomic mass is 79.9. The highest BCUT2D eigenvalue weighted by molar-refractivity contribution is 9.10. The van der Waals surface area contributed by atoms with E-state index in [4.69, 9.17) is 10.8 Å². The Hall–Kier alpha value is -0.910. The van der Waals surface area contributed by atoms with Crippen LogP contribution >= 0.6 is 15.9 Å². The van der Waals surface area contributed by atoms with E-state index in [9.17, 15) is 4.79 Å². The molecular weight excluding hydrogens is 308 g/mol. The van der Waals surface area contributed by atoms with Crippen molar-refractivity contribution in [2.24, 2.45) is 5.73 Å². The van der Waals surface area contributed by atoms with Gasteiger partial charge in [0.25, 0.3) is 0 Å². The monoisotopic (exact) mass is 326 g/mol. The maximum atomic E-state index is 11.0. The minimum Gasteiger partial charge on any atom is -0.480 e. The fourth-order valence-corrected chi connectivity index (χ4v) is 2.84. The van der Waals surface area contributed by atoms with Crippen LogP contribution in [0.5, 0.6) is 0 Å². The van der Waals surface area contributed by atoms with E-state index in [2.05, 4.69) is 20.8 Å². The Morgan fingerprint density at radius 1 is 1.32 bits per heavy atom. The number of aliphatic carboxylic acids is 1. The van der Waals surface area contributed by atoms with Crippen LogP contribution in [0, 0.1) is 0 Å². The molecule has 1 aliphatic rings. The van der Waals surface area contributed by atoms with E-state index in [1.54, 1.807) is 0 Å². The molecule has 0 aromatic heterocycles. The quantitative estimate of drug-likeness (QED) is 0.871. The van der Waals surface area contributed by atoms with Crippen molar-refractivity contribution >= 4 is 21.9 Å². The Morgan fingerprint density at radius 3 is 2.42 bits per heavy atom. The number of rotatable bonds is 5. The molecule has 0 bridgehead atoms. The number of hydrogen-bond acceptors (Lipinski definition) is 3. The SMILES string of the molecule is NC(CC(c1ccc(Br)cc1)N1CCCC1)C(=O)O. The highest BCUT2D eigenvalue weighted by Gasteiger charge is 2.27. The van der Waals surface area contributed by atoms with E-state index in [1.807, 2.05) is 24.3 Å². The number of carbonyl (C=O) groups is 1. The summed E-state index contributed by atoms with van der Waals surface area (Å²) in [5, 5.41) is 9.01. The molecule has 4 nitrogen and oxygen atoms in total. The van der Waals surface area contributed by atoms with Crippen molar-refractivity contribution in [3.63, 3.8) is 0 Å². The summed E-state index contributed by atoms with van der Waals surface area (Å²) in [5.74, 6) is -0.929. The van der Waals surface area contributed by atoms with Crippen LogP contribution < -0.4 is 5.73 Å². The summed E-state index contributed by atoms with van der Waals surface area (Å²) in [5.41, 5.74) is 6.86. The average Bonchev–Trinajstić information content (AvgIpc) is 2.90. The number of nitrogens with zero attached hydrogens (tertiary/aromatic N) is 1. The zero-order chi connectivity index (χ0) is 13.8. The summed E-state index contributed by atoms with van der Waals surface area (Å²) >= 11 is 3.42. The van der Waals surface area contributed by atoms with Crippen molar-refractivity contribution in [2.75, 3.05) is 13.1 Å². The molecule has 2 rings (SSSR count). The lowest BCUT2D eigenvalue weighted by molar-refractivity contribution is -0.139. The van der Waals surface area contributed by atoms with E-state index in [-0.39, 0.29) is 6.04 Å². The van der Waals surface area contributed by atoms with E-state index < -0.39 is 12.0 Å². The minimum atomic E-state index is -0.929. The molecular formula is C14H19BrN2O2. The Morgan fingerprint density at radius 2 is 1.89 bits per heavy atom. The summed E-state index contributed by atoms with van der Waals surface area (Å²) in [7, 11) is 0. The number of benzene rings is 1. The van der Waals surface area contributed by atoms with Gasteiger partial charge in [-0.3, -0.25) is 9.69 Å². The van der Waals surface area contributed by atoms with Crippen molar-refractivity contribution in [3.05, 3.63) is 34.3 Å². The number of halogens is 1. The van der Waals surface area contributed by atoms with Crippen molar-refractivity contribution in [2.45, 2.75) is 31.3 Å². The van der Waals surface area contributed by atoms with Crippen LogP contribution in [0.4, 0.5) is 0 Å². The predicted octanol–water partition coefficient (Wildman–Crippen LogP) is 2.39. The maximum Gasteiger partial charge on any atom is 0.320 e. The molecule has 0 aliphatic carbocycles. The third kappa shape index (κ3) is 3.78. The van der Waals surface area contributed by atoms with Gasteiger partial charge in [0.2, 0.25) is 0 Å². The Kier molecular flexibility index (Phi) is 4.96. The third-order valence-electron chi connectivity index (χ3n) is 3.63. The molecule has 2 atom stereocenters. The number of likely N-dealkylation sites (tertiary alicyclic amines) is 1. The molecule has 104 valence electrons. The zero-order valence-electron chi connectivity index (χ0n) is 10.8. The number of nitrogens with two attached hydrogens (primary N) is 1. The molecule has 0 spiro atoms. The second-order valence-electron chi connectivity index (χ2n) is 4.99. The van der Waals surface area contributed by atoms with Crippen molar-refractivity contribution < 1.29 is 9.90 Å². The molecule has 1 aromatic rings. The maximum absolute atomic E-state index is 11.0. The van der Waals surface area contributed by atoms with Crippen LogP contribution in [0.25, 0.3) is 0 Å². The van der Waals surface area contributed by atoms with E-state index in [1.165, 1.54) is 12.8 Å². The lowest BCUT2D eigenvalue weighted by atomic mass is 9.98. The van der Waals surface area contributed by atoms with Crippen molar-refractivity contribution in [1.29, 1.82) is 0 Å². The van der Waals surface area contributed by atoms with Gasteiger partial charge in [-0.2, -0.15) is 0 Å². The van der Waals surface area contributed by atoms with E-state index in [0.717, 1.165) is 23.1 Å². The Labute approximate surface area is 121 Å². The average molecular weight is 327 g/mol. The number of carboxylic acid groups (broad SMARTS) is 1. The molecule has 1 aliphatic heterocycles. The molecule has 1 fully saturated rings. The van der Waals surface area contributed by atoms with Gasteiger partial charge >= 0.3 is 5.97 Å². The topological polar surface area (TPSA) is 66.6 Å². The van der Waals surface area contributed by atoms with Crippen LogP contribution in [0.1, 0.15) is 30.9 Å². The second-order valence-corrected chi connectivity index (χ2v) is 5.91. The molecule has 19 heavy (non-hydrogen) atoms. The van der Waals surface area contributed by atoms with Crippen LogP contribution in [0.2, 0.25) is 0 Å². The summed E-state index contributed by atoms with van der Waals surface area (Å²) < 4.78 is 1.03. The van der Waals surface area contributed by atoms with Crippen LogP contribution in [0.3, 0.4) is 0 Å². The molecule has 0 radical (unpaired) electrons. The lowest BCUT2D eigenvalue weighted by Crippen LogP contribution is -2.36. The van der Waals surface area contributed by atoms with Gasteiger partial charge in [-0.25, -0.2) is 0 Å². The van der Waals surface area contributed by atoms with Gasteiger partial charge < -0.3 is 10.8 Å². The number of hydrogen-bond donors (Lipinski definition) is 2. The van der Waals surface area contributed by atoms with Gasteiger partial charge in [0.05, 0.1) is 0 Å². The van der Waals surface area contributed by atoms with E-state index in [0.29, 0.717) is 6.42 Å². The molecule has 1 aromatic carbocycles. The normalized spacial score (nSPS) is 19.3. The molecule has 1 saturated heterocycles. The fraction of sp³-hybridized carbons (Fsp3) is 0.500. The van der Waals surface area contributed by atoms with Gasteiger partial charge in [-0.1, -0.05) is 28.1 Å². The largest absolute Gasteiger partial charge is 0.480 e. The first-order chi connectivity index (χ1) is 9.08. The molecule has 1 heterocycles. The van der Waals surface area contributed by atoms with Gasteiger partial charge in [0.1, 0.15) is 6.04 Å². The summed E-state index contributed by atoms with van der Waals surface area (Å²) in [6.45, 7) is 2.04. The summed E-state index contributed by atoms with van der Waals surface area (Å²) in [4.78, 5) is 13.3. The van der Waals surface area contributed by atoms with Gasteiger partial charge in [0, 0.05) is 10.5 Å². The third-order valence-corrected chi connectivity index (χ3v) is 4.16. The van der Waals surface area contributed by atoms with Crippen LogP contribution in [-0.4, -0.2) is 35.1 Å². The molecule has 3 N–H and O–H groups in total. The number of carboxylic acids is 1. The van der Waals surface area contributed by atoms with Crippen LogP contribution in [-0.2, 0) is 4.79 Å². The Bertz CT molecular complexity index is 430. The molecule has 0 saturated carbocycles. The van der Waals surface area contributed by atoms with E-state index >= 15 is 0 Å². The standard InChI is InChI=1S/C14H19BrN2O2/c15-11-5-3-10(4-6-11)13(9-12(16)14(18)19)17-7-1-2-8-17/h3-6,12-13H,1-2,7-9,16H2,(H,18,19). The van der Waals surface area contributed by atoms with Gasteiger partial charge in [-0.15, -0.1) is 0 Å². The summed E-state index contributed by atoms with van der Waals surface area (Å²) in [6, 6.07) is 7.36. The Balaban J connectivity index is 2.17. The smallest absolute Gasteiger partial charge is 0.320 e. The lowest BCUT2D eigenvalue weighted by Gasteiger charge is -2.29. The van der Waals surface area contributed by atoms with Crippen molar-refractivity contribution in [1.82, 2.24) is 4.90 Å². The molecule has 5 heteroatoms. The first kappa shape index (κ1) is 14.5. The predicted molar refractivity (Wildman–Crippen MR) is 77.9 cm³/mol. The second kappa shape index (κ2) is 6.50. The van der Waals surface area contributed by atoms with Crippen molar-refractivity contribution in [3.8, 4) is 0 Å². The summed E-state index contributed by atoms with van der Waals surface area (Å²) in [6.07, 6.45) is 2.81. The van der Waals surface area contributed by atoms with Gasteiger partial charge in [-0.05, 0) is 50.0 Å². The first-order valence-electron chi connectivity index (χ1n) is 6.56. The highest BCUT2D eigenvalue weighted by Crippen LogP contribution is 2.29.